The molecule has 3 N–H and O–H groups in total. The Morgan fingerprint density at radius 3 is 1.93 bits per heavy atom. The summed E-state index contributed by atoms with van der Waals surface area (Å²) in [5.74, 6) is 1.54. The first kappa shape index (κ1) is 23.2. The summed E-state index contributed by atoms with van der Waals surface area (Å²) < 4.78 is 0. The van der Waals surface area contributed by atoms with Crippen molar-refractivity contribution in [3.8, 4) is 0 Å². The first-order valence-electron chi connectivity index (χ1n) is 10.1. The van der Waals surface area contributed by atoms with Crippen molar-refractivity contribution in [1.29, 1.82) is 0 Å². The van der Waals surface area contributed by atoms with Gasteiger partial charge in [-0.1, -0.05) is 60.7 Å². The predicted molar refractivity (Wildman–Crippen MR) is 130 cm³/mol. The Balaban J connectivity index is 0.00000300. The quantitative estimate of drug-likeness (QED) is 0.211. The molecular formula is C23H31IN4O. The van der Waals surface area contributed by atoms with Crippen molar-refractivity contribution in [3.05, 3.63) is 71.8 Å². The van der Waals surface area contributed by atoms with Crippen molar-refractivity contribution in [1.82, 2.24) is 16.0 Å². The fourth-order valence-electron chi connectivity index (χ4n) is 3.31. The maximum atomic E-state index is 11.7. The van der Waals surface area contributed by atoms with Gasteiger partial charge in [0.1, 0.15) is 0 Å². The van der Waals surface area contributed by atoms with Crippen molar-refractivity contribution in [2.45, 2.75) is 25.2 Å². The van der Waals surface area contributed by atoms with Gasteiger partial charge in [-0.15, -0.1) is 24.0 Å². The van der Waals surface area contributed by atoms with E-state index >= 15 is 0 Å². The van der Waals surface area contributed by atoms with Crippen LogP contribution in [0.1, 0.15) is 36.3 Å². The number of aliphatic imine (C=N–C) groups is 1. The van der Waals surface area contributed by atoms with Crippen LogP contribution in [0.25, 0.3) is 0 Å². The molecule has 1 fully saturated rings. The van der Waals surface area contributed by atoms with Crippen LogP contribution in [0.2, 0.25) is 0 Å². The molecule has 2 aromatic carbocycles. The summed E-state index contributed by atoms with van der Waals surface area (Å²) in [7, 11) is 1.77. The van der Waals surface area contributed by atoms with Crippen molar-refractivity contribution in [2.75, 3.05) is 26.7 Å². The molecule has 0 aliphatic heterocycles. The van der Waals surface area contributed by atoms with E-state index in [1.54, 1.807) is 7.05 Å². The molecular weight excluding hydrogens is 475 g/mol. The molecule has 0 bridgehead atoms. The third-order valence-electron chi connectivity index (χ3n) is 5.02. The van der Waals surface area contributed by atoms with E-state index in [0.29, 0.717) is 19.0 Å². The van der Waals surface area contributed by atoms with Crippen LogP contribution in [0.4, 0.5) is 0 Å². The molecule has 1 amide bonds. The third-order valence-corrected chi connectivity index (χ3v) is 5.02. The summed E-state index contributed by atoms with van der Waals surface area (Å²) in [6.07, 6.45) is 3.03. The number of benzene rings is 2. The lowest BCUT2D eigenvalue weighted by Crippen LogP contribution is -2.42. The van der Waals surface area contributed by atoms with Gasteiger partial charge in [-0.05, 0) is 30.4 Å². The zero-order valence-corrected chi connectivity index (χ0v) is 19.3. The third kappa shape index (κ3) is 7.68. The summed E-state index contributed by atoms with van der Waals surface area (Å²) in [5, 5.41) is 9.61. The Morgan fingerprint density at radius 1 is 0.897 bits per heavy atom. The maximum Gasteiger partial charge on any atom is 0.223 e. The first-order valence-corrected chi connectivity index (χ1v) is 10.1. The molecule has 3 rings (SSSR count). The zero-order valence-electron chi connectivity index (χ0n) is 16.9. The molecule has 5 nitrogen and oxygen atoms in total. The molecule has 156 valence electrons. The Kier molecular flexibility index (Phi) is 9.97. The van der Waals surface area contributed by atoms with Crippen LogP contribution >= 0.6 is 24.0 Å². The van der Waals surface area contributed by atoms with Crippen LogP contribution in [0.5, 0.6) is 0 Å². The van der Waals surface area contributed by atoms with Crippen LogP contribution in [-0.4, -0.2) is 38.5 Å². The second kappa shape index (κ2) is 12.5. The largest absolute Gasteiger partial charge is 0.356 e. The normalized spacial score (nSPS) is 13.5. The molecule has 0 saturated heterocycles. The first-order chi connectivity index (χ1) is 13.8. The van der Waals surface area contributed by atoms with Crippen LogP contribution in [-0.2, 0) is 4.79 Å². The van der Waals surface area contributed by atoms with Crippen molar-refractivity contribution >= 4 is 35.8 Å². The van der Waals surface area contributed by atoms with E-state index in [4.69, 9.17) is 0 Å². The highest BCUT2D eigenvalue weighted by Gasteiger charge is 2.28. The molecule has 0 atom stereocenters. The summed E-state index contributed by atoms with van der Waals surface area (Å²) in [4.78, 5) is 15.9. The van der Waals surface area contributed by atoms with Gasteiger partial charge in [0.05, 0.1) is 0 Å². The molecule has 0 spiro atoms. The van der Waals surface area contributed by atoms with Gasteiger partial charge in [0.25, 0.3) is 0 Å². The molecule has 0 heterocycles. The van der Waals surface area contributed by atoms with E-state index in [0.717, 1.165) is 31.8 Å². The Bertz CT molecular complexity index is 723. The van der Waals surface area contributed by atoms with Gasteiger partial charge in [0, 0.05) is 38.5 Å². The molecule has 2 aromatic rings. The molecule has 6 heteroatoms. The number of nitrogens with one attached hydrogen (secondary N) is 3. The summed E-state index contributed by atoms with van der Waals surface area (Å²) in [6.45, 7) is 2.09. The van der Waals surface area contributed by atoms with Gasteiger partial charge in [0.2, 0.25) is 5.91 Å². The summed E-state index contributed by atoms with van der Waals surface area (Å²) >= 11 is 0. The highest BCUT2D eigenvalue weighted by molar-refractivity contribution is 14.0. The van der Waals surface area contributed by atoms with Gasteiger partial charge >= 0.3 is 0 Å². The summed E-state index contributed by atoms with van der Waals surface area (Å²) in [5.41, 5.74) is 2.64. The van der Waals surface area contributed by atoms with E-state index in [1.165, 1.54) is 11.1 Å². The highest BCUT2D eigenvalue weighted by atomic mass is 127. The average molecular weight is 506 g/mol. The number of rotatable bonds is 9. The molecule has 1 saturated carbocycles. The van der Waals surface area contributed by atoms with E-state index in [9.17, 15) is 4.79 Å². The monoisotopic (exact) mass is 506 g/mol. The van der Waals surface area contributed by atoms with Gasteiger partial charge in [-0.2, -0.15) is 0 Å². The van der Waals surface area contributed by atoms with Gasteiger partial charge in [-0.3, -0.25) is 9.79 Å². The molecule has 0 unspecified atom stereocenters. The topological polar surface area (TPSA) is 65.5 Å². The lowest BCUT2D eigenvalue weighted by atomic mass is 9.88. The second-order valence-corrected chi connectivity index (χ2v) is 7.15. The Labute approximate surface area is 190 Å². The molecule has 0 radical (unpaired) electrons. The van der Waals surface area contributed by atoms with Gasteiger partial charge < -0.3 is 16.0 Å². The predicted octanol–water partition coefficient (Wildman–Crippen LogP) is 3.52. The highest BCUT2D eigenvalue weighted by Crippen LogP contribution is 2.28. The lowest BCUT2D eigenvalue weighted by molar-refractivity contribution is -0.122. The number of guanidine groups is 1. The average Bonchev–Trinajstić information content (AvgIpc) is 3.59. The smallest absolute Gasteiger partial charge is 0.223 e. The molecule has 0 aromatic heterocycles. The van der Waals surface area contributed by atoms with Crippen molar-refractivity contribution < 1.29 is 4.79 Å². The van der Waals surface area contributed by atoms with Gasteiger partial charge in [-0.25, -0.2) is 0 Å². The number of hydrogen-bond donors (Lipinski definition) is 3. The molecule has 1 aliphatic carbocycles. The fourth-order valence-corrected chi connectivity index (χ4v) is 3.31. The molecule has 1 aliphatic rings. The van der Waals surface area contributed by atoms with E-state index in [1.807, 2.05) is 0 Å². The van der Waals surface area contributed by atoms with Crippen LogP contribution < -0.4 is 16.0 Å². The Morgan fingerprint density at radius 2 is 1.41 bits per heavy atom. The van der Waals surface area contributed by atoms with Crippen molar-refractivity contribution in [3.63, 3.8) is 0 Å². The number of carbonyl (C=O) groups excluding carboxylic acids is 1. The minimum absolute atomic E-state index is 0. The van der Waals surface area contributed by atoms with E-state index in [-0.39, 0.29) is 35.8 Å². The minimum atomic E-state index is 0. The Hall–Kier alpha value is -2.09. The maximum absolute atomic E-state index is 11.7. The van der Waals surface area contributed by atoms with Crippen LogP contribution in [0, 0.1) is 5.92 Å². The van der Waals surface area contributed by atoms with Crippen LogP contribution in [0.15, 0.2) is 65.7 Å². The van der Waals surface area contributed by atoms with E-state index < -0.39 is 0 Å². The number of carbonyl (C=O) groups is 1. The number of halogens is 1. The van der Waals surface area contributed by atoms with Crippen LogP contribution in [0.3, 0.4) is 0 Å². The summed E-state index contributed by atoms with van der Waals surface area (Å²) in [6, 6.07) is 21.2. The SMILES string of the molecule is CN=C(NCCNC(=O)C1CC1)NCCC(c1ccccc1)c1ccccc1.I. The standard InChI is InChI=1S/C23H30N4O.HI/c1-24-23(27-17-16-25-22(28)20-12-13-20)26-15-14-21(18-8-4-2-5-9-18)19-10-6-3-7-11-19;/h2-11,20-21H,12-17H2,1H3,(H,25,28)(H2,24,26,27);1H. The number of amides is 1. The second-order valence-electron chi connectivity index (χ2n) is 7.15. The minimum Gasteiger partial charge on any atom is -0.356 e. The van der Waals surface area contributed by atoms with E-state index in [2.05, 4.69) is 81.6 Å². The van der Waals surface area contributed by atoms with Gasteiger partial charge in [0.15, 0.2) is 5.96 Å². The zero-order chi connectivity index (χ0) is 19.6. The number of nitrogens with zero attached hydrogens (tertiary/aromatic N) is 1. The molecule has 29 heavy (non-hydrogen) atoms. The lowest BCUT2D eigenvalue weighted by Gasteiger charge is -2.19. The van der Waals surface area contributed by atoms with Crippen molar-refractivity contribution in [2.24, 2.45) is 10.9 Å². The fraction of sp³-hybridized carbons (Fsp3) is 0.391. The number of hydrogen-bond acceptors (Lipinski definition) is 2.